The molecule has 2 aromatic rings. The fourth-order valence-corrected chi connectivity index (χ4v) is 3.21. The molecule has 2 heterocycles. The molecule has 0 bridgehead atoms. The molecule has 0 aliphatic carbocycles. The van der Waals surface area contributed by atoms with Gasteiger partial charge in [-0.25, -0.2) is 0 Å². The van der Waals surface area contributed by atoms with E-state index in [1.54, 1.807) is 17.6 Å². The minimum atomic E-state index is 0.449. The van der Waals surface area contributed by atoms with Crippen molar-refractivity contribution in [3.63, 3.8) is 0 Å². The highest BCUT2D eigenvalue weighted by Gasteiger charge is 2.05. The summed E-state index contributed by atoms with van der Waals surface area (Å²) in [6.45, 7) is 3.20. The van der Waals surface area contributed by atoms with Crippen molar-refractivity contribution in [1.82, 2.24) is 5.32 Å². The van der Waals surface area contributed by atoms with E-state index in [-0.39, 0.29) is 0 Å². The lowest BCUT2D eigenvalue weighted by Crippen LogP contribution is -2.29. The van der Waals surface area contributed by atoms with E-state index in [0.717, 1.165) is 25.1 Å². The predicted molar refractivity (Wildman–Crippen MR) is 75.6 cm³/mol. The van der Waals surface area contributed by atoms with Crippen LogP contribution in [0.15, 0.2) is 38.7 Å². The Morgan fingerprint density at radius 3 is 2.94 bits per heavy atom. The zero-order valence-electron chi connectivity index (χ0n) is 9.78. The Hall–Kier alpha value is -0.580. The first-order valence-corrected chi connectivity index (χ1v) is 7.35. The summed E-state index contributed by atoms with van der Waals surface area (Å²) in [6, 6.07) is 8.68. The topological polar surface area (TPSA) is 25.2 Å². The molecule has 0 saturated carbocycles. The molecule has 2 aromatic heterocycles. The number of halogens is 1. The van der Waals surface area contributed by atoms with Crippen LogP contribution in [-0.4, -0.2) is 12.6 Å². The van der Waals surface area contributed by atoms with Crippen LogP contribution in [0, 0.1) is 0 Å². The van der Waals surface area contributed by atoms with E-state index in [1.165, 1.54) is 8.66 Å². The lowest BCUT2D eigenvalue weighted by atomic mass is 10.2. The van der Waals surface area contributed by atoms with Crippen molar-refractivity contribution in [1.29, 1.82) is 0 Å². The standard InChI is InChI=1S/C13H16BrNOS/c1-10(9-11-3-2-8-16-11)15-7-6-12-4-5-13(14)17-12/h2-5,8,10,15H,6-7,9H2,1H3. The number of nitrogens with one attached hydrogen (secondary N) is 1. The zero-order chi connectivity index (χ0) is 12.1. The van der Waals surface area contributed by atoms with Gasteiger partial charge in [-0.1, -0.05) is 0 Å². The second-order valence-electron chi connectivity index (χ2n) is 4.09. The summed E-state index contributed by atoms with van der Waals surface area (Å²) in [5, 5.41) is 3.51. The quantitative estimate of drug-likeness (QED) is 0.876. The Morgan fingerprint density at radius 2 is 2.29 bits per heavy atom. The number of hydrogen-bond acceptors (Lipinski definition) is 3. The summed E-state index contributed by atoms with van der Waals surface area (Å²) < 4.78 is 6.53. The highest BCUT2D eigenvalue weighted by atomic mass is 79.9. The maximum Gasteiger partial charge on any atom is 0.105 e. The van der Waals surface area contributed by atoms with Crippen LogP contribution in [0.3, 0.4) is 0 Å². The molecule has 0 saturated heterocycles. The molecule has 0 amide bonds. The molecule has 0 fully saturated rings. The van der Waals surface area contributed by atoms with Crippen molar-refractivity contribution in [2.24, 2.45) is 0 Å². The first-order valence-electron chi connectivity index (χ1n) is 5.74. The van der Waals surface area contributed by atoms with Crippen molar-refractivity contribution < 1.29 is 4.42 Å². The van der Waals surface area contributed by atoms with Crippen LogP contribution in [0.25, 0.3) is 0 Å². The first-order chi connectivity index (χ1) is 8.24. The second kappa shape index (κ2) is 6.38. The molecule has 0 radical (unpaired) electrons. The van der Waals surface area contributed by atoms with Crippen LogP contribution in [0.5, 0.6) is 0 Å². The summed E-state index contributed by atoms with van der Waals surface area (Å²) >= 11 is 5.28. The zero-order valence-corrected chi connectivity index (χ0v) is 12.2. The Bertz CT molecular complexity index is 438. The van der Waals surface area contributed by atoms with Gasteiger partial charge < -0.3 is 9.73 Å². The molecule has 17 heavy (non-hydrogen) atoms. The fraction of sp³-hybridized carbons (Fsp3) is 0.385. The number of hydrogen-bond donors (Lipinski definition) is 1. The molecule has 0 aliphatic heterocycles. The van der Waals surface area contributed by atoms with E-state index >= 15 is 0 Å². The lowest BCUT2D eigenvalue weighted by Gasteiger charge is -2.11. The van der Waals surface area contributed by atoms with Gasteiger partial charge in [0.1, 0.15) is 5.76 Å². The normalized spacial score (nSPS) is 12.8. The lowest BCUT2D eigenvalue weighted by molar-refractivity contribution is 0.459. The van der Waals surface area contributed by atoms with Crippen LogP contribution < -0.4 is 5.32 Å². The van der Waals surface area contributed by atoms with Gasteiger partial charge in [0.05, 0.1) is 10.0 Å². The monoisotopic (exact) mass is 313 g/mol. The molecular formula is C13H16BrNOS. The Labute approximate surface area is 114 Å². The van der Waals surface area contributed by atoms with Gasteiger partial charge in [0, 0.05) is 23.9 Å². The number of rotatable bonds is 6. The molecule has 92 valence electrons. The largest absolute Gasteiger partial charge is 0.469 e. The van der Waals surface area contributed by atoms with Gasteiger partial charge in [0.25, 0.3) is 0 Å². The summed E-state index contributed by atoms with van der Waals surface area (Å²) in [6.07, 6.45) is 3.76. The Balaban J connectivity index is 1.68. The summed E-state index contributed by atoms with van der Waals surface area (Å²) in [5.74, 6) is 1.05. The van der Waals surface area contributed by atoms with Gasteiger partial charge in [-0.3, -0.25) is 0 Å². The van der Waals surface area contributed by atoms with E-state index < -0.39 is 0 Å². The van der Waals surface area contributed by atoms with Crippen LogP contribution in [-0.2, 0) is 12.8 Å². The molecule has 1 unspecified atom stereocenters. The molecule has 1 atom stereocenters. The summed E-state index contributed by atoms with van der Waals surface area (Å²) in [5.41, 5.74) is 0. The fourth-order valence-electron chi connectivity index (χ4n) is 1.73. The molecule has 2 rings (SSSR count). The molecule has 0 spiro atoms. The first kappa shape index (κ1) is 12.9. The van der Waals surface area contributed by atoms with Gasteiger partial charge >= 0.3 is 0 Å². The summed E-state index contributed by atoms with van der Waals surface area (Å²) in [4.78, 5) is 1.41. The van der Waals surface area contributed by atoms with Gasteiger partial charge in [-0.05, 0) is 53.5 Å². The smallest absolute Gasteiger partial charge is 0.105 e. The third-order valence-corrected chi connectivity index (χ3v) is 4.26. The number of furan rings is 1. The van der Waals surface area contributed by atoms with E-state index in [2.05, 4.69) is 40.3 Å². The van der Waals surface area contributed by atoms with Crippen LogP contribution in [0.4, 0.5) is 0 Å². The van der Waals surface area contributed by atoms with E-state index in [0.29, 0.717) is 6.04 Å². The number of thiophene rings is 1. The Kier molecular flexibility index (Phi) is 4.83. The van der Waals surface area contributed by atoms with Crippen molar-refractivity contribution in [2.45, 2.75) is 25.8 Å². The summed E-state index contributed by atoms with van der Waals surface area (Å²) in [7, 11) is 0. The molecule has 4 heteroatoms. The molecule has 2 nitrogen and oxygen atoms in total. The minimum absolute atomic E-state index is 0.449. The van der Waals surface area contributed by atoms with Crippen molar-refractivity contribution in [3.05, 3.63) is 45.0 Å². The molecule has 0 aliphatic rings. The van der Waals surface area contributed by atoms with Crippen molar-refractivity contribution in [2.75, 3.05) is 6.54 Å². The van der Waals surface area contributed by atoms with Crippen molar-refractivity contribution in [3.8, 4) is 0 Å². The van der Waals surface area contributed by atoms with Crippen LogP contribution in [0.1, 0.15) is 17.6 Å². The van der Waals surface area contributed by atoms with Gasteiger partial charge in [0.2, 0.25) is 0 Å². The third-order valence-electron chi connectivity index (χ3n) is 2.58. The minimum Gasteiger partial charge on any atom is -0.469 e. The maximum absolute atomic E-state index is 5.33. The molecule has 0 aromatic carbocycles. The predicted octanol–water partition coefficient (Wildman–Crippen LogP) is 3.87. The maximum atomic E-state index is 5.33. The van der Waals surface area contributed by atoms with Crippen LogP contribution >= 0.6 is 27.3 Å². The second-order valence-corrected chi connectivity index (χ2v) is 6.64. The average molecular weight is 314 g/mol. The van der Waals surface area contributed by atoms with E-state index in [9.17, 15) is 0 Å². The Morgan fingerprint density at radius 1 is 1.41 bits per heavy atom. The SMILES string of the molecule is CC(Cc1ccco1)NCCc1ccc(Br)s1. The van der Waals surface area contributed by atoms with E-state index in [1.807, 2.05) is 12.1 Å². The highest BCUT2D eigenvalue weighted by Crippen LogP contribution is 2.22. The van der Waals surface area contributed by atoms with Crippen molar-refractivity contribution >= 4 is 27.3 Å². The van der Waals surface area contributed by atoms with Gasteiger partial charge in [-0.15, -0.1) is 11.3 Å². The van der Waals surface area contributed by atoms with Gasteiger partial charge in [-0.2, -0.15) is 0 Å². The van der Waals surface area contributed by atoms with E-state index in [4.69, 9.17) is 4.42 Å². The third kappa shape index (κ3) is 4.30. The molecular weight excluding hydrogens is 298 g/mol. The average Bonchev–Trinajstić information content (AvgIpc) is 2.90. The van der Waals surface area contributed by atoms with Crippen LogP contribution in [0.2, 0.25) is 0 Å². The molecule has 1 N–H and O–H groups in total. The highest BCUT2D eigenvalue weighted by molar-refractivity contribution is 9.11. The van der Waals surface area contributed by atoms with Gasteiger partial charge in [0.15, 0.2) is 0 Å².